The van der Waals surface area contributed by atoms with Crippen LogP contribution in [0.2, 0.25) is 0 Å². The second kappa shape index (κ2) is 12.4. The summed E-state index contributed by atoms with van der Waals surface area (Å²) in [5, 5.41) is 15.9. The highest BCUT2D eigenvalue weighted by atomic mass is 16.7. The number of para-hydroxylation sites is 1. The number of nitrogens with zero attached hydrogens (tertiary/aromatic N) is 3. The second-order valence-corrected chi connectivity index (χ2v) is 12.0. The van der Waals surface area contributed by atoms with Crippen LogP contribution in [0.1, 0.15) is 56.2 Å². The Hall–Kier alpha value is -5.50. The van der Waals surface area contributed by atoms with E-state index in [1.54, 1.807) is 0 Å². The van der Waals surface area contributed by atoms with Crippen LogP contribution in [0.15, 0.2) is 139 Å². The SMILES string of the molecule is O=C1c2ccccc2C2=C(c3ccccc3N1CC1CC(c3ccc(CO)cc3)=NO1)C(c1ccccc1)N(Cc1ccccc1)O2. The molecule has 2 unspecified atom stereocenters. The molecule has 0 saturated carbocycles. The predicted molar refractivity (Wildman–Crippen MR) is 182 cm³/mol. The molecular formula is C40H33N3O4. The smallest absolute Gasteiger partial charge is 0.259 e. The van der Waals surface area contributed by atoms with Crippen molar-refractivity contribution in [2.45, 2.75) is 31.7 Å². The van der Waals surface area contributed by atoms with Crippen LogP contribution < -0.4 is 4.90 Å². The Balaban J connectivity index is 1.21. The minimum absolute atomic E-state index is 0.0117. The minimum atomic E-state index is -0.334. The maximum absolute atomic E-state index is 14.6. The first-order chi connectivity index (χ1) is 23.2. The molecule has 1 amide bonds. The number of amides is 1. The van der Waals surface area contributed by atoms with E-state index >= 15 is 0 Å². The number of aliphatic hydroxyl groups is 1. The molecular weight excluding hydrogens is 586 g/mol. The van der Waals surface area contributed by atoms with Crippen molar-refractivity contribution < 1.29 is 19.6 Å². The number of anilines is 1. The molecule has 0 spiro atoms. The molecule has 3 aliphatic heterocycles. The summed E-state index contributed by atoms with van der Waals surface area (Å²) in [7, 11) is 0. The number of hydrogen-bond donors (Lipinski definition) is 1. The first kappa shape index (κ1) is 28.9. The zero-order valence-electron chi connectivity index (χ0n) is 25.7. The third kappa shape index (κ3) is 5.39. The number of carbonyl (C=O) groups excluding carboxylic acids is 1. The first-order valence-corrected chi connectivity index (χ1v) is 15.9. The van der Waals surface area contributed by atoms with E-state index in [0.29, 0.717) is 30.8 Å². The van der Waals surface area contributed by atoms with E-state index in [9.17, 15) is 9.90 Å². The standard InChI is InChI=1S/C40H33N3O4/c44-26-28-19-21-29(22-20-28)35-23-31(46-41-35)25-42-36-18-10-9-17-34(36)37-38(30-13-5-2-6-14-30)43(24-27-11-3-1-4-12-27)47-39(37)32-15-7-8-16-33(32)40(42)45/h1-22,31,38,44H,23-26H2. The molecule has 3 aliphatic rings. The van der Waals surface area contributed by atoms with E-state index in [4.69, 9.17) is 9.68 Å². The highest BCUT2D eigenvalue weighted by molar-refractivity contribution is 6.14. The topological polar surface area (TPSA) is 74.6 Å². The largest absolute Gasteiger partial charge is 0.404 e. The fraction of sp³-hybridized carbons (Fsp3) is 0.150. The lowest BCUT2D eigenvalue weighted by molar-refractivity contribution is -0.0998. The highest BCUT2D eigenvalue weighted by Gasteiger charge is 2.42. The summed E-state index contributed by atoms with van der Waals surface area (Å²) in [5.41, 5.74) is 8.92. The molecule has 5 aromatic carbocycles. The molecule has 7 nitrogen and oxygen atoms in total. The molecule has 1 N–H and O–H groups in total. The van der Waals surface area contributed by atoms with Gasteiger partial charge in [-0.05, 0) is 34.4 Å². The average molecular weight is 620 g/mol. The second-order valence-electron chi connectivity index (χ2n) is 12.0. The number of oxime groups is 1. The molecule has 5 aromatic rings. The van der Waals surface area contributed by atoms with Crippen LogP contribution in [-0.4, -0.2) is 34.4 Å². The molecule has 232 valence electrons. The highest BCUT2D eigenvalue weighted by Crippen LogP contribution is 2.51. The van der Waals surface area contributed by atoms with Crippen molar-refractivity contribution in [3.05, 3.63) is 172 Å². The van der Waals surface area contributed by atoms with E-state index in [2.05, 4.69) is 47.6 Å². The van der Waals surface area contributed by atoms with Crippen LogP contribution in [0.3, 0.4) is 0 Å². The van der Waals surface area contributed by atoms with Gasteiger partial charge in [-0.2, -0.15) is 0 Å². The number of hydroxylamine groups is 2. The van der Waals surface area contributed by atoms with Crippen molar-refractivity contribution in [1.82, 2.24) is 5.06 Å². The lowest BCUT2D eigenvalue weighted by Gasteiger charge is -2.30. The molecule has 0 radical (unpaired) electrons. The Labute approximate surface area is 273 Å². The molecule has 2 atom stereocenters. The van der Waals surface area contributed by atoms with Gasteiger partial charge in [0.1, 0.15) is 6.04 Å². The third-order valence-corrected chi connectivity index (χ3v) is 9.03. The summed E-state index contributed by atoms with van der Waals surface area (Å²) in [6.45, 7) is 0.867. The van der Waals surface area contributed by atoms with Gasteiger partial charge in [-0.15, -0.1) is 5.06 Å². The molecule has 0 saturated heterocycles. The normalized spacial score (nSPS) is 18.8. The Morgan fingerprint density at radius 2 is 1.38 bits per heavy atom. The molecule has 47 heavy (non-hydrogen) atoms. The number of rotatable bonds is 7. The molecule has 3 heterocycles. The van der Waals surface area contributed by atoms with Crippen LogP contribution in [0.25, 0.3) is 11.3 Å². The average Bonchev–Trinajstić information content (AvgIpc) is 3.76. The number of hydrogen-bond acceptors (Lipinski definition) is 6. The van der Waals surface area contributed by atoms with Gasteiger partial charge in [0.15, 0.2) is 11.9 Å². The molecule has 0 aliphatic carbocycles. The summed E-state index contributed by atoms with van der Waals surface area (Å²) in [6, 6.07) is 44.0. The molecule has 0 aromatic heterocycles. The Morgan fingerprint density at radius 3 is 2.13 bits per heavy atom. The number of carbonyl (C=O) groups is 1. The van der Waals surface area contributed by atoms with Crippen LogP contribution in [0.5, 0.6) is 0 Å². The lowest BCUT2D eigenvalue weighted by atomic mass is 9.87. The molecule has 7 heteroatoms. The van der Waals surface area contributed by atoms with Gasteiger partial charge >= 0.3 is 0 Å². The van der Waals surface area contributed by atoms with E-state index in [1.165, 1.54) is 0 Å². The van der Waals surface area contributed by atoms with Gasteiger partial charge in [-0.3, -0.25) is 4.79 Å². The van der Waals surface area contributed by atoms with Crippen molar-refractivity contribution in [2.24, 2.45) is 5.16 Å². The van der Waals surface area contributed by atoms with Gasteiger partial charge in [0.25, 0.3) is 5.91 Å². The van der Waals surface area contributed by atoms with E-state index < -0.39 is 0 Å². The van der Waals surface area contributed by atoms with Crippen LogP contribution in [0, 0.1) is 0 Å². The van der Waals surface area contributed by atoms with Crippen molar-refractivity contribution >= 4 is 28.6 Å². The maximum atomic E-state index is 14.6. The van der Waals surface area contributed by atoms with Gasteiger partial charge in [0.05, 0.1) is 36.7 Å². The summed E-state index contributed by atoms with van der Waals surface area (Å²) in [6.07, 6.45) is 0.222. The van der Waals surface area contributed by atoms with E-state index in [-0.39, 0.29) is 24.7 Å². The number of aliphatic hydroxyl groups excluding tert-OH is 1. The summed E-state index contributed by atoms with van der Waals surface area (Å²) >= 11 is 0. The number of fused-ring (bicyclic) bond motifs is 4. The summed E-state index contributed by atoms with van der Waals surface area (Å²) in [5.74, 6) is 0.574. The monoisotopic (exact) mass is 619 g/mol. The molecule has 8 rings (SSSR count). The van der Waals surface area contributed by atoms with E-state index in [0.717, 1.165) is 50.4 Å². The third-order valence-electron chi connectivity index (χ3n) is 9.03. The quantitative estimate of drug-likeness (QED) is 0.206. The van der Waals surface area contributed by atoms with Crippen molar-refractivity contribution in [2.75, 3.05) is 11.4 Å². The fourth-order valence-corrected chi connectivity index (χ4v) is 6.75. The van der Waals surface area contributed by atoms with Gasteiger partial charge < -0.3 is 19.7 Å². The van der Waals surface area contributed by atoms with Crippen LogP contribution >= 0.6 is 0 Å². The zero-order valence-corrected chi connectivity index (χ0v) is 25.7. The molecule has 0 fully saturated rings. The number of benzene rings is 5. The maximum Gasteiger partial charge on any atom is 0.259 e. The van der Waals surface area contributed by atoms with Gasteiger partial charge in [0.2, 0.25) is 0 Å². The first-order valence-electron chi connectivity index (χ1n) is 15.9. The Morgan fingerprint density at radius 1 is 0.723 bits per heavy atom. The van der Waals surface area contributed by atoms with E-state index in [1.807, 2.05) is 101 Å². The van der Waals surface area contributed by atoms with Gasteiger partial charge in [-0.25, -0.2) is 0 Å². The zero-order chi connectivity index (χ0) is 31.7. The summed E-state index contributed by atoms with van der Waals surface area (Å²) in [4.78, 5) is 29.2. The summed E-state index contributed by atoms with van der Waals surface area (Å²) < 4.78 is 0. The van der Waals surface area contributed by atoms with Gasteiger partial charge in [-0.1, -0.05) is 126 Å². The van der Waals surface area contributed by atoms with Crippen molar-refractivity contribution in [1.29, 1.82) is 0 Å². The minimum Gasteiger partial charge on any atom is -0.404 e. The lowest BCUT2D eigenvalue weighted by Crippen LogP contribution is -2.39. The van der Waals surface area contributed by atoms with Crippen LogP contribution in [-0.2, 0) is 22.8 Å². The van der Waals surface area contributed by atoms with Crippen LogP contribution in [0.4, 0.5) is 5.69 Å². The van der Waals surface area contributed by atoms with Gasteiger partial charge in [0, 0.05) is 23.1 Å². The van der Waals surface area contributed by atoms with Crippen molar-refractivity contribution in [3.8, 4) is 0 Å². The van der Waals surface area contributed by atoms with Crippen molar-refractivity contribution in [3.63, 3.8) is 0 Å². The Kier molecular flexibility index (Phi) is 7.61. The fourth-order valence-electron chi connectivity index (χ4n) is 6.75. The predicted octanol–water partition coefficient (Wildman–Crippen LogP) is 7.39. The Bertz CT molecular complexity index is 1990. The molecule has 0 bridgehead atoms.